The fourth-order valence-electron chi connectivity index (χ4n) is 3.11. The maximum absolute atomic E-state index is 14.8. The summed E-state index contributed by atoms with van der Waals surface area (Å²) in [6.45, 7) is 4.20. The third-order valence-electron chi connectivity index (χ3n) is 4.81. The summed E-state index contributed by atoms with van der Waals surface area (Å²) < 4.78 is 26.3. The van der Waals surface area contributed by atoms with Crippen LogP contribution in [0.3, 0.4) is 0 Å². The molecule has 4 rings (SSSR count). The summed E-state index contributed by atoms with van der Waals surface area (Å²) in [7, 11) is -1.81. The van der Waals surface area contributed by atoms with Gasteiger partial charge in [-0.25, -0.2) is 4.98 Å². The van der Waals surface area contributed by atoms with Gasteiger partial charge in [0.05, 0.1) is 18.1 Å². The van der Waals surface area contributed by atoms with E-state index in [4.69, 9.17) is 9.15 Å². The molecule has 0 spiro atoms. The van der Waals surface area contributed by atoms with Crippen molar-refractivity contribution in [2.45, 2.75) is 13.5 Å². The van der Waals surface area contributed by atoms with Crippen LogP contribution in [0.5, 0.6) is 0 Å². The summed E-state index contributed by atoms with van der Waals surface area (Å²) in [4.78, 5) is 17.7. The molecule has 2 aliphatic rings. The summed E-state index contributed by atoms with van der Waals surface area (Å²) in [6, 6.07) is 5.59. The maximum atomic E-state index is 14.8. The van der Waals surface area contributed by atoms with Crippen LogP contribution in [0.4, 0.5) is 4.48 Å². The molecule has 29 heavy (non-hydrogen) atoms. The first kappa shape index (κ1) is 20.4. The highest BCUT2D eigenvalue weighted by Gasteiger charge is 2.43. The summed E-state index contributed by atoms with van der Waals surface area (Å²) >= 11 is 4.31. The Kier molecular flexibility index (Phi) is 5.71. The molecule has 1 amide bonds. The molecule has 0 radical (unpaired) electrons. The van der Waals surface area contributed by atoms with Crippen LogP contribution in [-0.4, -0.2) is 53.1 Å². The molecular formula is C19H23FN4O3S2. The average molecular weight is 439 g/mol. The lowest BCUT2D eigenvalue weighted by Gasteiger charge is -2.36. The number of allylic oxidation sites excluding steroid dienone is 1. The van der Waals surface area contributed by atoms with E-state index >= 15 is 0 Å². The zero-order chi connectivity index (χ0) is 20.6. The van der Waals surface area contributed by atoms with E-state index in [-0.39, 0.29) is 10.8 Å². The summed E-state index contributed by atoms with van der Waals surface area (Å²) in [5.41, 5.74) is 2.37. The molecule has 7 nitrogen and oxygen atoms in total. The number of aromatic nitrogens is 1. The molecule has 10 heteroatoms. The highest BCUT2D eigenvalue weighted by atomic mass is 32.3. The van der Waals surface area contributed by atoms with E-state index < -0.39 is 10.2 Å². The monoisotopic (exact) mass is 438 g/mol. The number of ether oxygens (including phenoxy) is 1. The van der Waals surface area contributed by atoms with Gasteiger partial charge in [-0.2, -0.15) is 5.01 Å². The maximum Gasteiger partial charge on any atom is 0.257 e. The number of carbonyl (C=O) groups is 1. The van der Waals surface area contributed by atoms with Crippen molar-refractivity contribution in [1.29, 1.82) is 0 Å². The second-order valence-electron chi connectivity index (χ2n) is 7.00. The van der Waals surface area contributed by atoms with Crippen molar-refractivity contribution in [1.82, 2.24) is 19.9 Å². The van der Waals surface area contributed by atoms with Crippen molar-refractivity contribution in [2.24, 2.45) is 0 Å². The molecule has 2 aromatic rings. The van der Waals surface area contributed by atoms with Crippen LogP contribution < -0.4 is 5.32 Å². The van der Waals surface area contributed by atoms with Crippen molar-refractivity contribution in [3.8, 4) is 0 Å². The van der Waals surface area contributed by atoms with E-state index in [1.54, 1.807) is 18.0 Å². The second-order valence-corrected chi connectivity index (χ2v) is 10.4. The van der Waals surface area contributed by atoms with Crippen LogP contribution in [0.25, 0.3) is 11.1 Å². The van der Waals surface area contributed by atoms with Gasteiger partial charge in [0.2, 0.25) is 0 Å². The Labute approximate surface area is 175 Å². The molecule has 1 aromatic carbocycles. The van der Waals surface area contributed by atoms with Crippen molar-refractivity contribution < 1.29 is 18.4 Å². The fraction of sp³-hybridized carbons (Fsp3) is 0.368. The van der Waals surface area contributed by atoms with Crippen molar-refractivity contribution >= 4 is 39.8 Å². The van der Waals surface area contributed by atoms with Crippen LogP contribution in [-0.2, 0) is 16.1 Å². The number of nitrogens with zero attached hydrogens (tertiary/aromatic N) is 3. The van der Waals surface area contributed by atoms with E-state index in [1.807, 2.05) is 29.9 Å². The molecule has 0 saturated carbocycles. The molecule has 0 aliphatic carbocycles. The SMILES string of the molecule is Cc1nc2cc(CNC(=O)/C(S)=C/C3=CS3(C)N(F)N3CCOCC3)ccc2o1. The number of fused-ring (bicyclic) bond motifs is 1. The van der Waals surface area contributed by atoms with Gasteiger partial charge in [-0.05, 0) is 40.1 Å². The summed E-state index contributed by atoms with van der Waals surface area (Å²) in [6.07, 6.45) is 3.49. The number of halogens is 1. The van der Waals surface area contributed by atoms with E-state index in [0.717, 1.165) is 20.6 Å². The number of rotatable bonds is 6. The Bertz CT molecular complexity index is 1000. The van der Waals surface area contributed by atoms with Gasteiger partial charge < -0.3 is 14.5 Å². The Morgan fingerprint density at radius 3 is 2.97 bits per heavy atom. The topological polar surface area (TPSA) is 70.8 Å². The van der Waals surface area contributed by atoms with Crippen LogP contribution >= 0.6 is 22.8 Å². The quantitative estimate of drug-likeness (QED) is 0.410. The van der Waals surface area contributed by atoms with E-state index in [2.05, 4.69) is 22.9 Å². The standard InChI is InChI=1S/C19H23FN4O3S2/c1-13-22-16-9-14(3-4-17(16)27-13)11-21-19(25)18(28)10-15-12-29(15,2)24(20)23-5-7-26-8-6-23/h3-4,9-10,12,28H,5-8,11H2,1-2H3,(H,21,25)/b18-10-. The number of carbonyl (C=O) groups excluding carboxylic acids is 1. The number of nitrogens with one attached hydrogen (secondary N) is 1. The number of oxazole rings is 1. The van der Waals surface area contributed by atoms with Gasteiger partial charge in [-0.15, -0.1) is 17.1 Å². The summed E-state index contributed by atoms with van der Waals surface area (Å²) in [5.74, 6) is 0.292. The lowest BCUT2D eigenvalue weighted by atomic mass is 10.2. The van der Waals surface area contributed by atoms with Gasteiger partial charge in [0, 0.05) is 31.5 Å². The van der Waals surface area contributed by atoms with Crippen molar-refractivity contribution in [3.63, 3.8) is 0 Å². The smallest absolute Gasteiger partial charge is 0.257 e. The van der Waals surface area contributed by atoms with Gasteiger partial charge in [0.1, 0.15) is 5.52 Å². The Morgan fingerprint density at radius 2 is 2.21 bits per heavy atom. The number of thiol groups is 1. The second kappa shape index (κ2) is 8.11. The molecule has 1 unspecified atom stereocenters. The molecule has 156 valence electrons. The Balaban J connectivity index is 1.33. The Morgan fingerprint density at radius 1 is 1.45 bits per heavy atom. The first-order chi connectivity index (χ1) is 13.9. The first-order valence-corrected chi connectivity index (χ1v) is 11.7. The highest BCUT2D eigenvalue weighted by molar-refractivity contribution is 8.42. The number of aryl methyl sites for hydroxylation is 1. The largest absolute Gasteiger partial charge is 0.441 e. The predicted octanol–water partition coefficient (Wildman–Crippen LogP) is 3.20. The van der Waals surface area contributed by atoms with Gasteiger partial charge in [-0.3, -0.25) is 4.79 Å². The normalized spacial score (nSPS) is 25.0. The lowest BCUT2D eigenvalue weighted by Crippen LogP contribution is -2.43. The van der Waals surface area contributed by atoms with Crippen LogP contribution in [0.15, 0.2) is 43.9 Å². The number of hydrogen-bond donors (Lipinski definition) is 2. The minimum atomic E-state index is -1.81. The van der Waals surface area contributed by atoms with Crippen molar-refractivity contribution in [3.05, 3.63) is 50.9 Å². The minimum absolute atomic E-state index is 0.251. The van der Waals surface area contributed by atoms with Gasteiger partial charge in [0.15, 0.2) is 11.5 Å². The molecule has 2 aliphatic heterocycles. The summed E-state index contributed by atoms with van der Waals surface area (Å²) in [5, 5.41) is 6.33. The number of benzene rings is 1. The zero-order valence-corrected chi connectivity index (χ0v) is 17.9. The Hall–Kier alpha value is -1.85. The predicted molar refractivity (Wildman–Crippen MR) is 115 cm³/mol. The molecule has 1 fully saturated rings. The fourth-order valence-corrected chi connectivity index (χ4v) is 5.56. The zero-order valence-electron chi connectivity index (χ0n) is 16.2. The van der Waals surface area contributed by atoms with E-state index in [1.165, 1.54) is 0 Å². The van der Waals surface area contributed by atoms with Gasteiger partial charge >= 0.3 is 0 Å². The molecule has 1 saturated heterocycles. The highest BCUT2D eigenvalue weighted by Crippen LogP contribution is 2.71. The van der Waals surface area contributed by atoms with Gasteiger partial charge in [0.25, 0.3) is 5.91 Å². The lowest BCUT2D eigenvalue weighted by molar-refractivity contribution is -0.124. The van der Waals surface area contributed by atoms with Crippen LogP contribution in [0.1, 0.15) is 11.5 Å². The number of hydrogen-bond acceptors (Lipinski definition) is 7. The van der Waals surface area contributed by atoms with Crippen LogP contribution in [0.2, 0.25) is 0 Å². The third kappa shape index (κ3) is 4.36. The molecule has 1 N–H and O–H groups in total. The van der Waals surface area contributed by atoms with Crippen LogP contribution in [0, 0.1) is 6.92 Å². The van der Waals surface area contributed by atoms with Crippen molar-refractivity contribution in [2.75, 3.05) is 32.6 Å². The third-order valence-corrected chi connectivity index (χ3v) is 7.65. The number of hydrazine groups is 1. The molecule has 1 aromatic heterocycles. The molecule has 0 bridgehead atoms. The first-order valence-electron chi connectivity index (χ1n) is 9.20. The minimum Gasteiger partial charge on any atom is -0.441 e. The molecule has 3 heterocycles. The van der Waals surface area contributed by atoms with E-state index in [9.17, 15) is 9.28 Å². The molecule has 1 atom stereocenters. The number of amides is 1. The number of morpholine rings is 1. The van der Waals surface area contributed by atoms with Gasteiger partial charge in [-0.1, -0.05) is 16.3 Å². The molecular weight excluding hydrogens is 415 g/mol. The van der Waals surface area contributed by atoms with E-state index in [0.29, 0.717) is 44.3 Å². The average Bonchev–Trinajstić information content (AvgIpc) is 3.21.